The fraction of sp³-hybridized carbons (Fsp3) is 0.333. The third-order valence-corrected chi connectivity index (χ3v) is 4.29. The molecule has 0 amide bonds. The molecule has 1 heterocycles. The zero-order valence-electron chi connectivity index (χ0n) is 12.2. The monoisotopic (exact) mass is 432 g/mol. The molecule has 0 N–H and O–H groups in total. The Labute approximate surface area is 146 Å². The van der Waals surface area contributed by atoms with Gasteiger partial charge in [-0.1, -0.05) is 48.3 Å². The lowest BCUT2D eigenvalue weighted by Crippen LogP contribution is -2.17. The van der Waals surface area contributed by atoms with Crippen LogP contribution in [0.4, 0.5) is 0 Å². The van der Waals surface area contributed by atoms with Crippen LogP contribution in [-0.4, -0.2) is 9.97 Å². The van der Waals surface area contributed by atoms with E-state index in [2.05, 4.69) is 41.8 Å². The van der Waals surface area contributed by atoms with Crippen molar-refractivity contribution in [1.29, 1.82) is 0 Å². The van der Waals surface area contributed by atoms with Crippen molar-refractivity contribution in [3.05, 3.63) is 43.7 Å². The Kier molecular flexibility index (Phi) is 4.96. The molecule has 112 valence electrons. The van der Waals surface area contributed by atoms with E-state index in [0.29, 0.717) is 22.6 Å². The Morgan fingerprint density at radius 3 is 2.38 bits per heavy atom. The van der Waals surface area contributed by atoms with Gasteiger partial charge in [-0.25, -0.2) is 4.98 Å². The molecule has 2 aromatic rings. The Morgan fingerprint density at radius 1 is 1.14 bits per heavy atom. The lowest BCUT2D eigenvalue weighted by Gasteiger charge is -2.19. The third-order valence-electron chi connectivity index (χ3n) is 2.81. The minimum atomic E-state index is -0.202. The number of benzene rings is 1. The molecule has 1 aromatic heterocycles. The highest BCUT2D eigenvalue weighted by Gasteiger charge is 2.21. The number of hydrogen-bond acceptors (Lipinski definition) is 3. The Bertz CT molecular complexity index is 684. The van der Waals surface area contributed by atoms with Gasteiger partial charge in [0.15, 0.2) is 0 Å². The van der Waals surface area contributed by atoms with Crippen LogP contribution in [-0.2, 0) is 5.41 Å². The van der Waals surface area contributed by atoms with Crippen molar-refractivity contribution in [3.8, 4) is 11.6 Å². The van der Waals surface area contributed by atoms with E-state index in [1.54, 1.807) is 0 Å². The summed E-state index contributed by atoms with van der Waals surface area (Å²) in [4.78, 5) is 8.85. The second-order valence-electron chi connectivity index (χ2n) is 5.69. The molecule has 0 saturated carbocycles. The molecule has 0 aliphatic heterocycles. The molecule has 0 aliphatic rings. The van der Waals surface area contributed by atoms with E-state index < -0.39 is 0 Å². The van der Waals surface area contributed by atoms with Crippen LogP contribution in [0, 0.1) is 6.92 Å². The minimum absolute atomic E-state index is 0.202. The highest BCUT2D eigenvalue weighted by Crippen LogP contribution is 2.35. The van der Waals surface area contributed by atoms with E-state index in [1.165, 1.54) is 0 Å². The van der Waals surface area contributed by atoms with Gasteiger partial charge in [-0.15, -0.1) is 0 Å². The standard InChI is InChI=1S/C15H15Br2ClN2O/c1-8-12(18)19-14(15(2,3)4)20-13(8)21-11-6-5-9(16)7-10(11)17/h5-7H,1-4H3. The molecule has 6 heteroatoms. The molecule has 0 bridgehead atoms. The van der Waals surface area contributed by atoms with E-state index >= 15 is 0 Å². The van der Waals surface area contributed by atoms with E-state index in [1.807, 2.05) is 45.9 Å². The zero-order chi connectivity index (χ0) is 15.8. The van der Waals surface area contributed by atoms with Crippen molar-refractivity contribution in [2.75, 3.05) is 0 Å². The van der Waals surface area contributed by atoms with Gasteiger partial charge in [0, 0.05) is 15.5 Å². The van der Waals surface area contributed by atoms with Crippen LogP contribution < -0.4 is 4.74 Å². The summed E-state index contributed by atoms with van der Waals surface area (Å²) in [5, 5.41) is 0.415. The van der Waals surface area contributed by atoms with E-state index in [9.17, 15) is 0 Å². The second-order valence-corrected chi connectivity index (χ2v) is 7.82. The average molecular weight is 435 g/mol. The summed E-state index contributed by atoms with van der Waals surface area (Å²) >= 11 is 13.1. The molecule has 1 aromatic carbocycles. The maximum atomic E-state index is 6.21. The first-order valence-corrected chi connectivity index (χ1v) is 8.32. The summed E-state index contributed by atoms with van der Waals surface area (Å²) < 4.78 is 7.71. The molecule has 0 unspecified atom stereocenters. The van der Waals surface area contributed by atoms with Crippen molar-refractivity contribution < 1.29 is 4.74 Å². The van der Waals surface area contributed by atoms with Crippen molar-refractivity contribution in [1.82, 2.24) is 9.97 Å². The van der Waals surface area contributed by atoms with Crippen LogP contribution in [0.1, 0.15) is 32.2 Å². The fourth-order valence-corrected chi connectivity index (χ4v) is 2.86. The average Bonchev–Trinajstić information content (AvgIpc) is 2.36. The normalized spacial score (nSPS) is 11.6. The first-order chi connectivity index (χ1) is 9.68. The van der Waals surface area contributed by atoms with Crippen LogP contribution in [0.2, 0.25) is 5.15 Å². The predicted octanol–water partition coefficient (Wildman–Crippen LogP) is 6.05. The maximum absolute atomic E-state index is 6.21. The van der Waals surface area contributed by atoms with E-state index in [-0.39, 0.29) is 5.41 Å². The summed E-state index contributed by atoms with van der Waals surface area (Å²) in [5.41, 5.74) is 0.520. The van der Waals surface area contributed by atoms with Crippen molar-refractivity contribution in [3.63, 3.8) is 0 Å². The van der Waals surface area contributed by atoms with Gasteiger partial charge >= 0.3 is 0 Å². The lowest BCUT2D eigenvalue weighted by molar-refractivity contribution is 0.439. The number of hydrogen-bond donors (Lipinski definition) is 0. The zero-order valence-corrected chi connectivity index (χ0v) is 16.1. The molecular weight excluding hydrogens is 419 g/mol. The fourth-order valence-electron chi connectivity index (χ4n) is 1.57. The molecule has 0 spiro atoms. The summed E-state index contributed by atoms with van der Waals surface area (Å²) in [6, 6.07) is 5.68. The molecule has 3 nitrogen and oxygen atoms in total. The molecule has 0 atom stereocenters. The summed E-state index contributed by atoms with van der Waals surface area (Å²) in [5.74, 6) is 1.81. The van der Waals surface area contributed by atoms with Crippen LogP contribution in [0.3, 0.4) is 0 Å². The largest absolute Gasteiger partial charge is 0.437 e. The van der Waals surface area contributed by atoms with Crippen LogP contribution >= 0.6 is 43.5 Å². The number of halogens is 3. The first-order valence-electron chi connectivity index (χ1n) is 6.36. The molecule has 0 fully saturated rings. The van der Waals surface area contributed by atoms with Crippen LogP contribution in [0.5, 0.6) is 11.6 Å². The second kappa shape index (κ2) is 6.23. The number of ether oxygens (including phenoxy) is 1. The summed E-state index contributed by atoms with van der Waals surface area (Å²) in [6.07, 6.45) is 0. The molecular formula is C15H15Br2ClN2O. The lowest BCUT2D eigenvalue weighted by atomic mass is 9.96. The number of rotatable bonds is 2. The molecule has 2 rings (SSSR count). The summed E-state index contributed by atoms with van der Waals surface area (Å²) in [6.45, 7) is 7.95. The number of nitrogens with zero attached hydrogens (tertiary/aromatic N) is 2. The van der Waals surface area contributed by atoms with Crippen molar-refractivity contribution in [2.24, 2.45) is 0 Å². The van der Waals surface area contributed by atoms with Crippen molar-refractivity contribution >= 4 is 43.5 Å². The van der Waals surface area contributed by atoms with Gasteiger partial charge in [0.25, 0.3) is 0 Å². The smallest absolute Gasteiger partial charge is 0.227 e. The van der Waals surface area contributed by atoms with E-state index in [0.717, 1.165) is 14.5 Å². The highest BCUT2D eigenvalue weighted by atomic mass is 79.9. The summed E-state index contributed by atoms with van der Waals surface area (Å²) in [7, 11) is 0. The van der Waals surface area contributed by atoms with Gasteiger partial charge in [0.1, 0.15) is 16.7 Å². The topological polar surface area (TPSA) is 35.0 Å². The van der Waals surface area contributed by atoms with Crippen LogP contribution in [0.25, 0.3) is 0 Å². The predicted molar refractivity (Wildman–Crippen MR) is 92.4 cm³/mol. The van der Waals surface area contributed by atoms with Gasteiger partial charge in [-0.2, -0.15) is 4.98 Å². The van der Waals surface area contributed by atoms with Gasteiger partial charge in [-0.05, 0) is 41.1 Å². The van der Waals surface area contributed by atoms with E-state index in [4.69, 9.17) is 16.3 Å². The Morgan fingerprint density at radius 2 is 1.81 bits per heavy atom. The van der Waals surface area contributed by atoms with Gasteiger partial charge in [0.05, 0.1) is 4.47 Å². The molecule has 21 heavy (non-hydrogen) atoms. The van der Waals surface area contributed by atoms with Gasteiger partial charge in [-0.3, -0.25) is 0 Å². The third kappa shape index (κ3) is 3.96. The minimum Gasteiger partial charge on any atom is -0.437 e. The van der Waals surface area contributed by atoms with Gasteiger partial charge in [0.2, 0.25) is 5.88 Å². The van der Waals surface area contributed by atoms with Gasteiger partial charge < -0.3 is 4.74 Å². The molecule has 0 aliphatic carbocycles. The van der Waals surface area contributed by atoms with Crippen LogP contribution in [0.15, 0.2) is 27.1 Å². The molecule has 0 radical (unpaired) electrons. The molecule has 0 saturated heterocycles. The quantitative estimate of drug-likeness (QED) is 0.540. The highest BCUT2D eigenvalue weighted by molar-refractivity contribution is 9.11. The Hall–Kier alpha value is -0.650. The maximum Gasteiger partial charge on any atom is 0.227 e. The SMILES string of the molecule is Cc1c(Cl)nc(C(C)(C)C)nc1Oc1ccc(Br)cc1Br. The van der Waals surface area contributed by atoms with Crippen molar-refractivity contribution in [2.45, 2.75) is 33.1 Å². The number of aromatic nitrogens is 2. The first kappa shape index (κ1) is 16.7. The Balaban J connectivity index is 2.46.